The largest absolute Gasteiger partial charge is 0.296 e. The van der Waals surface area contributed by atoms with E-state index in [4.69, 9.17) is 11.6 Å². The van der Waals surface area contributed by atoms with Crippen LogP contribution in [-0.4, -0.2) is 14.6 Å². The van der Waals surface area contributed by atoms with Crippen LogP contribution in [0, 0.1) is 5.82 Å². The van der Waals surface area contributed by atoms with Gasteiger partial charge >= 0.3 is 0 Å². The van der Waals surface area contributed by atoms with Gasteiger partial charge in [0.1, 0.15) is 11.5 Å². The molecule has 8 heteroatoms. The zero-order valence-electron chi connectivity index (χ0n) is 13.7. The van der Waals surface area contributed by atoms with Gasteiger partial charge in [0, 0.05) is 17.0 Å². The number of hydrogen-bond acceptors (Lipinski definition) is 5. The highest BCUT2D eigenvalue weighted by atomic mass is 35.5. The SMILES string of the molecule is O=c1nc2sc(=Cc3ccccc3F)c(=O)n2nc1Cc1ccc(Cl)cc1. The molecule has 2 heterocycles. The Morgan fingerprint density at radius 2 is 1.85 bits per heavy atom. The third kappa shape index (κ3) is 3.51. The lowest BCUT2D eigenvalue weighted by Gasteiger charge is -2.00. The van der Waals surface area contributed by atoms with Gasteiger partial charge in [0.2, 0.25) is 4.96 Å². The van der Waals surface area contributed by atoms with Crippen molar-refractivity contribution in [1.82, 2.24) is 14.6 Å². The standard InChI is InChI=1S/C19H11ClFN3O2S/c20-13-7-5-11(6-8-13)9-15-17(25)22-19-24(23-15)18(26)16(27-19)10-12-3-1-2-4-14(12)21/h1-8,10H,9H2. The summed E-state index contributed by atoms with van der Waals surface area (Å²) in [6.45, 7) is 0. The molecule has 4 aromatic rings. The summed E-state index contributed by atoms with van der Waals surface area (Å²) >= 11 is 6.86. The number of fused-ring (bicyclic) bond motifs is 1. The number of nitrogens with zero attached hydrogens (tertiary/aromatic N) is 3. The van der Waals surface area contributed by atoms with Gasteiger partial charge in [0.05, 0.1) is 4.53 Å². The number of halogens is 2. The molecular formula is C19H11ClFN3O2S. The molecule has 27 heavy (non-hydrogen) atoms. The molecule has 4 rings (SSSR count). The van der Waals surface area contributed by atoms with Crippen LogP contribution in [0.15, 0.2) is 58.1 Å². The highest BCUT2D eigenvalue weighted by molar-refractivity contribution is 7.15. The van der Waals surface area contributed by atoms with Crippen LogP contribution in [0.25, 0.3) is 11.0 Å². The normalized spacial score (nSPS) is 12.0. The molecular weight excluding hydrogens is 389 g/mol. The van der Waals surface area contributed by atoms with Crippen molar-refractivity contribution in [2.75, 3.05) is 0 Å². The van der Waals surface area contributed by atoms with Crippen LogP contribution < -0.4 is 15.7 Å². The zero-order chi connectivity index (χ0) is 19.0. The fraction of sp³-hybridized carbons (Fsp3) is 0.0526. The van der Waals surface area contributed by atoms with Crippen LogP contribution in [0.1, 0.15) is 16.8 Å². The highest BCUT2D eigenvalue weighted by Gasteiger charge is 2.12. The Balaban J connectivity index is 1.82. The second kappa shape index (κ2) is 7.02. The molecule has 0 amide bonds. The van der Waals surface area contributed by atoms with Crippen LogP contribution in [0.4, 0.5) is 4.39 Å². The Morgan fingerprint density at radius 1 is 1.11 bits per heavy atom. The van der Waals surface area contributed by atoms with E-state index in [-0.39, 0.29) is 27.2 Å². The molecule has 0 bridgehead atoms. The van der Waals surface area contributed by atoms with Crippen molar-refractivity contribution in [1.29, 1.82) is 0 Å². The predicted molar refractivity (Wildman–Crippen MR) is 103 cm³/mol. The van der Waals surface area contributed by atoms with Crippen molar-refractivity contribution in [3.05, 3.63) is 101 Å². The van der Waals surface area contributed by atoms with Crippen LogP contribution >= 0.6 is 22.9 Å². The summed E-state index contributed by atoms with van der Waals surface area (Å²) in [5.74, 6) is -0.437. The Hall–Kier alpha value is -2.90. The third-order valence-electron chi connectivity index (χ3n) is 3.93. The molecule has 0 atom stereocenters. The molecule has 0 aliphatic heterocycles. The van der Waals surface area contributed by atoms with Gasteiger partial charge in [-0.1, -0.05) is 53.3 Å². The van der Waals surface area contributed by atoms with Gasteiger partial charge in [0.15, 0.2) is 0 Å². The van der Waals surface area contributed by atoms with Crippen molar-refractivity contribution >= 4 is 34.0 Å². The first-order chi connectivity index (χ1) is 13.0. The van der Waals surface area contributed by atoms with Gasteiger partial charge in [-0.25, -0.2) is 4.39 Å². The highest BCUT2D eigenvalue weighted by Crippen LogP contribution is 2.11. The van der Waals surface area contributed by atoms with E-state index in [0.29, 0.717) is 5.02 Å². The molecule has 0 saturated carbocycles. The molecule has 0 N–H and O–H groups in total. The van der Waals surface area contributed by atoms with E-state index in [9.17, 15) is 14.0 Å². The minimum Gasteiger partial charge on any atom is -0.266 e. The summed E-state index contributed by atoms with van der Waals surface area (Å²) in [7, 11) is 0. The molecule has 0 fully saturated rings. The molecule has 0 aliphatic rings. The van der Waals surface area contributed by atoms with Crippen molar-refractivity contribution in [3.8, 4) is 0 Å². The van der Waals surface area contributed by atoms with E-state index in [1.807, 2.05) is 0 Å². The minimum atomic E-state index is -0.497. The topological polar surface area (TPSA) is 64.3 Å². The van der Waals surface area contributed by atoms with Gasteiger partial charge < -0.3 is 0 Å². The summed E-state index contributed by atoms with van der Waals surface area (Å²) in [6, 6.07) is 13.1. The second-order valence-electron chi connectivity index (χ2n) is 5.80. The predicted octanol–water partition coefficient (Wildman–Crippen LogP) is 2.44. The maximum atomic E-state index is 13.8. The number of hydrogen-bond donors (Lipinski definition) is 0. The Labute approximate surface area is 161 Å². The van der Waals surface area contributed by atoms with Crippen molar-refractivity contribution in [2.24, 2.45) is 0 Å². The van der Waals surface area contributed by atoms with E-state index in [0.717, 1.165) is 21.4 Å². The average Bonchev–Trinajstić information content (AvgIpc) is 2.94. The fourth-order valence-electron chi connectivity index (χ4n) is 2.58. The van der Waals surface area contributed by atoms with Crippen LogP contribution in [0.2, 0.25) is 5.02 Å². The van der Waals surface area contributed by atoms with E-state index >= 15 is 0 Å². The van der Waals surface area contributed by atoms with Crippen molar-refractivity contribution in [3.63, 3.8) is 0 Å². The van der Waals surface area contributed by atoms with Gasteiger partial charge in [-0.05, 0) is 29.8 Å². The van der Waals surface area contributed by atoms with Gasteiger partial charge in [-0.3, -0.25) is 9.59 Å². The Bertz CT molecular complexity index is 1320. The van der Waals surface area contributed by atoms with Crippen LogP contribution in [-0.2, 0) is 6.42 Å². The minimum absolute atomic E-state index is 0.155. The monoisotopic (exact) mass is 399 g/mol. The molecule has 2 aromatic carbocycles. The molecule has 0 unspecified atom stereocenters. The second-order valence-corrected chi connectivity index (χ2v) is 7.24. The van der Waals surface area contributed by atoms with E-state index in [2.05, 4.69) is 10.1 Å². The van der Waals surface area contributed by atoms with Gasteiger partial charge in [-0.2, -0.15) is 14.6 Å². The molecule has 0 radical (unpaired) electrons. The van der Waals surface area contributed by atoms with Crippen molar-refractivity contribution < 1.29 is 4.39 Å². The van der Waals surface area contributed by atoms with E-state index < -0.39 is 16.9 Å². The van der Waals surface area contributed by atoms with Gasteiger partial charge in [0.25, 0.3) is 11.1 Å². The summed E-state index contributed by atoms with van der Waals surface area (Å²) in [4.78, 5) is 29.0. The Morgan fingerprint density at radius 3 is 2.59 bits per heavy atom. The Kier molecular flexibility index (Phi) is 4.55. The molecule has 0 aliphatic carbocycles. The zero-order valence-corrected chi connectivity index (χ0v) is 15.3. The first-order valence-corrected chi connectivity index (χ1v) is 9.14. The lowest BCUT2D eigenvalue weighted by molar-refractivity contribution is 0.625. The van der Waals surface area contributed by atoms with Crippen LogP contribution in [0.3, 0.4) is 0 Å². The number of thiazole rings is 1. The summed E-state index contributed by atoms with van der Waals surface area (Å²) < 4.78 is 15.2. The maximum absolute atomic E-state index is 13.8. The van der Waals surface area contributed by atoms with E-state index in [1.165, 1.54) is 12.1 Å². The molecule has 0 saturated heterocycles. The lowest BCUT2D eigenvalue weighted by atomic mass is 10.1. The number of benzene rings is 2. The maximum Gasteiger partial charge on any atom is 0.296 e. The summed E-state index contributed by atoms with van der Waals surface area (Å²) in [6.07, 6.45) is 1.66. The molecule has 2 aromatic heterocycles. The average molecular weight is 400 g/mol. The first-order valence-electron chi connectivity index (χ1n) is 7.95. The fourth-order valence-corrected chi connectivity index (χ4v) is 3.60. The van der Waals surface area contributed by atoms with Crippen LogP contribution in [0.5, 0.6) is 0 Å². The first kappa shape index (κ1) is 17.5. The molecule has 134 valence electrons. The molecule has 5 nitrogen and oxygen atoms in total. The van der Waals surface area contributed by atoms with Gasteiger partial charge in [-0.15, -0.1) is 0 Å². The number of rotatable bonds is 3. The lowest BCUT2D eigenvalue weighted by Crippen LogP contribution is -2.28. The number of aromatic nitrogens is 3. The van der Waals surface area contributed by atoms with Crippen molar-refractivity contribution in [2.45, 2.75) is 6.42 Å². The molecule has 0 spiro atoms. The quantitative estimate of drug-likeness (QED) is 0.531. The van der Waals surface area contributed by atoms with E-state index in [1.54, 1.807) is 42.5 Å². The summed E-state index contributed by atoms with van der Waals surface area (Å²) in [5.41, 5.74) is 0.325. The smallest absolute Gasteiger partial charge is 0.266 e. The summed E-state index contributed by atoms with van der Waals surface area (Å²) in [5, 5.41) is 4.76. The third-order valence-corrected chi connectivity index (χ3v) is 5.14.